The fourth-order valence-electron chi connectivity index (χ4n) is 3.46. The highest BCUT2D eigenvalue weighted by Crippen LogP contribution is 2.58. The number of hydrogen-bond donors (Lipinski definition) is 2. The van der Waals surface area contributed by atoms with Gasteiger partial charge < -0.3 is 20.1 Å². The molecule has 1 unspecified atom stereocenters. The van der Waals surface area contributed by atoms with Gasteiger partial charge in [0, 0.05) is 12.5 Å². The molecule has 6 heteroatoms. The second-order valence-corrected chi connectivity index (χ2v) is 6.54. The Bertz CT molecular complexity index is 530. The molecule has 1 heterocycles. The van der Waals surface area contributed by atoms with E-state index in [1.165, 1.54) is 0 Å². The lowest BCUT2D eigenvalue weighted by molar-refractivity contribution is -0.123. The lowest BCUT2D eigenvalue weighted by Crippen LogP contribution is -2.34. The Labute approximate surface area is 149 Å². The van der Waals surface area contributed by atoms with Crippen molar-refractivity contribution in [1.29, 1.82) is 0 Å². The third-order valence-electron chi connectivity index (χ3n) is 5.05. The molecule has 0 bridgehead atoms. The largest absolute Gasteiger partial charge is 0.497 e. The van der Waals surface area contributed by atoms with Crippen LogP contribution in [0.3, 0.4) is 0 Å². The van der Waals surface area contributed by atoms with Gasteiger partial charge in [0.25, 0.3) is 0 Å². The van der Waals surface area contributed by atoms with Crippen molar-refractivity contribution in [2.45, 2.75) is 25.7 Å². The predicted octanol–water partition coefficient (Wildman–Crippen LogP) is 2.39. The molecule has 0 radical (unpaired) electrons. The van der Waals surface area contributed by atoms with Crippen molar-refractivity contribution in [1.82, 2.24) is 10.6 Å². The summed E-state index contributed by atoms with van der Waals surface area (Å²) in [6.07, 6.45) is 4.18. The Morgan fingerprint density at radius 3 is 2.58 bits per heavy atom. The van der Waals surface area contributed by atoms with Gasteiger partial charge in [-0.25, -0.2) is 0 Å². The first-order chi connectivity index (χ1) is 11.2. The van der Waals surface area contributed by atoms with Gasteiger partial charge in [-0.1, -0.05) is 0 Å². The van der Waals surface area contributed by atoms with Crippen LogP contribution in [0.15, 0.2) is 24.3 Å². The van der Waals surface area contributed by atoms with E-state index in [0.29, 0.717) is 18.6 Å². The molecule has 0 aromatic heterocycles. The van der Waals surface area contributed by atoms with Crippen LogP contribution in [0.2, 0.25) is 0 Å². The van der Waals surface area contributed by atoms with Crippen molar-refractivity contribution in [3.63, 3.8) is 0 Å². The maximum Gasteiger partial charge on any atom is 0.223 e. The number of halogens is 1. The summed E-state index contributed by atoms with van der Waals surface area (Å²) in [4.78, 5) is 12.2. The fraction of sp³-hybridized carbons (Fsp3) is 0.611. The van der Waals surface area contributed by atoms with Gasteiger partial charge >= 0.3 is 0 Å². The number of piperidine rings is 1. The van der Waals surface area contributed by atoms with Crippen LogP contribution in [0.1, 0.15) is 25.7 Å². The summed E-state index contributed by atoms with van der Waals surface area (Å²) in [6, 6.07) is 7.54. The van der Waals surface area contributed by atoms with E-state index < -0.39 is 0 Å². The van der Waals surface area contributed by atoms with E-state index in [2.05, 4.69) is 10.6 Å². The van der Waals surface area contributed by atoms with Crippen molar-refractivity contribution < 1.29 is 14.3 Å². The zero-order valence-corrected chi connectivity index (χ0v) is 15.0. The minimum Gasteiger partial charge on any atom is -0.497 e. The lowest BCUT2D eigenvalue weighted by atomic mass is 9.92. The monoisotopic (exact) mass is 354 g/mol. The van der Waals surface area contributed by atoms with Gasteiger partial charge in [0.05, 0.1) is 13.7 Å². The number of ether oxygens (including phenoxy) is 2. The van der Waals surface area contributed by atoms with Crippen LogP contribution >= 0.6 is 12.4 Å². The van der Waals surface area contributed by atoms with Crippen LogP contribution < -0.4 is 20.1 Å². The molecule has 2 aliphatic rings. The first kappa shape index (κ1) is 18.9. The van der Waals surface area contributed by atoms with E-state index in [9.17, 15) is 4.79 Å². The Morgan fingerprint density at radius 2 is 1.92 bits per heavy atom. The van der Waals surface area contributed by atoms with Gasteiger partial charge in [-0.3, -0.25) is 4.79 Å². The van der Waals surface area contributed by atoms with E-state index >= 15 is 0 Å². The Kier molecular flexibility index (Phi) is 6.75. The SMILES string of the molecule is COc1ccc(OCCCNC(=O)C2CC23CCNCC3)cc1.Cl. The van der Waals surface area contributed by atoms with Gasteiger partial charge in [0.2, 0.25) is 5.91 Å². The summed E-state index contributed by atoms with van der Waals surface area (Å²) in [5.74, 6) is 2.12. The molecule has 3 rings (SSSR count). The van der Waals surface area contributed by atoms with Gasteiger partial charge in [0.15, 0.2) is 0 Å². The van der Waals surface area contributed by atoms with Gasteiger partial charge in [0.1, 0.15) is 11.5 Å². The summed E-state index contributed by atoms with van der Waals surface area (Å²) in [5, 5.41) is 6.43. The molecule has 1 aliphatic carbocycles. The molecular weight excluding hydrogens is 328 g/mol. The maximum absolute atomic E-state index is 12.2. The molecule has 1 saturated carbocycles. The fourth-order valence-corrected chi connectivity index (χ4v) is 3.46. The average molecular weight is 355 g/mol. The molecule has 1 aliphatic heterocycles. The van der Waals surface area contributed by atoms with Crippen LogP contribution in [0, 0.1) is 11.3 Å². The summed E-state index contributed by atoms with van der Waals surface area (Å²) in [5.41, 5.74) is 0.314. The highest BCUT2D eigenvalue weighted by atomic mass is 35.5. The van der Waals surface area contributed by atoms with Crippen molar-refractivity contribution in [2.24, 2.45) is 11.3 Å². The Hall–Kier alpha value is -1.46. The molecule has 1 amide bonds. The van der Waals surface area contributed by atoms with Gasteiger partial charge in [-0.2, -0.15) is 0 Å². The maximum atomic E-state index is 12.2. The smallest absolute Gasteiger partial charge is 0.223 e. The first-order valence-corrected chi connectivity index (χ1v) is 8.49. The molecule has 1 aromatic rings. The van der Waals surface area contributed by atoms with Crippen LogP contribution in [0.4, 0.5) is 0 Å². The van der Waals surface area contributed by atoms with Crippen molar-refractivity contribution in [3.05, 3.63) is 24.3 Å². The van der Waals surface area contributed by atoms with Crippen molar-refractivity contribution in [2.75, 3.05) is 33.4 Å². The van der Waals surface area contributed by atoms with Crippen molar-refractivity contribution in [3.8, 4) is 11.5 Å². The first-order valence-electron chi connectivity index (χ1n) is 8.49. The van der Waals surface area contributed by atoms with Crippen LogP contribution in [0.5, 0.6) is 11.5 Å². The quantitative estimate of drug-likeness (QED) is 0.738. The third-order valence-corrected chi connectivity index (χ3v) is 5.05. The predicted molar refractivity (Wildman–Crippen MR) is 96.0 cm³/mol. The molecule has 2 fully saturated rings. The molecule has 1 atom stereocenters. The second kappa shape index (κ2) is 8.58. The lowest BCUT2D eigenvalue weighted by Gasteiger charge is -2.23. The third kappa shape index (κ3) is 4.54. The number of carbonyl (C=O) groups excluding carboxylic acids is 1. The summed E-state index contributed by atoms with van der Waals surface area (Å²) in [7, 11) is 1.65. The standard InChI is InChI=1S/C18H26N2O3.ClH/c1-22-14-3-5-15(6-4-14)23-12-2-9-20-17(21)16-13-18(16)7-10-19-11-8-18;/h3-6,16,19H,2,7-13H2,1H3,(H,20,21);1H. The van der Waals surface area contributed by atoms with E-state index in [4.69, 9.17) is 9.47 Å². The summed E-state index contributed by atoms with van der Waals surface area (Å²) in [6.45, 7) is 3.39. The molecule has 5 nitrogen and oxygen atoms in total. The zero-order valence-electron chi connectivity index (χ0n) is 14.2. The second-order valence-electron chi connectivity index (χ2n) is 6.54. The number of rotatable bonds is 7. The van der Waals surface area contributed by atoms with Gasteiger partial charge in [-0.05, 0) is 68.5 Å². The number of amides is 1. The zero-order chi connectivity index (χ0) is 16.1. The number of hydrogen-bond acceptors (Lipinski definition) is 4. The van der Waals surface area contributed by atoms with Gasteiger partial charge in [-0.15, -0.1) is 12.4 Å². The van der Waals surface area contributed by atoms with E-state index in [-0.39, 0.29) is 24.2 Å². The average Bonchev–Trinajstić information content (AvgIpc) is 3.28. The van der Waals surface area contributed by atoms with Crippen molar-refractivity contribution >= 4 is 18.3 Å². The number of nitrogens with one attached hydrogen (secondary N) is 2. The number of benzene rings is 1. The van der Waals surface area contributed by atoms with Crippen LogP contribution in [0.25, 0.3) is 0 Å². The highest BCUT2D eigenvalue weighted by molar-refractivity contribution is 5.85. The topological polar surface area (TPSA) is 59.6 Å². The van der Waals surface area contributed by atoms with Crippen LogP contribution in [-0.4, -0.2) is 39.3 Å². The minimum atomic E-state index is 0. The molecule has 24 heavy (non-hydrogen) atoms. The Balaban J connectivity index is 0.00000208. The summed E-state index contributed by atoms with van der Waals surface area (Å²) < 4.78 is 10.8. The molecular formula is C18H27ClN2O3. The van der Waals surface area contributed by atoms with E-state index in [1.807, 2.05) is 24.3 Å². The molecule has 2 N–H and O–H groups in total. The molecule has 1 spiro atoms. The Morgan fingerprint density at radius 1 is 1.25 bits per heavy atom. The van der Waals surface area contributed by atoms with Crippen LogP contribution in [-0.2, 0) is 4.79 Å². The minimum absolute atomic E-state index is 0. The number of carbonyl (C=O) groups is 1. The number of methoxy groups -OCH3 is 1. The molecule has 1 aromatic carbocycles. The normalized spacial score (nSPS) is 20.8. The highest BCUT2D eigenvalue weighted by Gasteiger charge is 2.57. The summed E-state index contributed by atoms with van der Waals surface area (Å²) >= 11 is 0. The van der Waals surface area contributed by atoms with E-state index in [1.54, 1.807) is 7.11 Å². The molecule has 1 saturated heterocycles. The molecule has 134 valence electrons. The van der Waals surface area contributed by atoms with E-state index in [0.717, 1.165) is 50.3 Å².